The van der Waals surface area contributed by atoms with E-state index in [1.54, 1.807) is 0 Å². The molecule has 0 saturated heterocycles. The highest BCUT2D eigenvalue weighted by atomic mass is 79.9. The summed E-state index contributed by atoms with van der Waals surface area (Å²) in [5, 5.41) is 5.90. The molecular formula is C14H22BrNS. The van der Waals surface area contributed by atoms with Gasteiger partial charge >= 0.3 is 0 Å². The first-order chi connectivity index (χ1) is 8.15. The van der Waals surface area contributed by atoms with E-state index in [-0.39, 0.29) is 0 Å². The molecule has 1 nitrogen and oxygen atoms in total. The summed E-state index contributed by atoms with van der Waals surface area (Å²) < 4.78 is 1.28. The predicted octanol–water partition coefficient (Wildman–Crippen LogP) is 4.61. The van der Waals surface area contributed by atoms with Crippen LogP contribution in [-0.4, -0.2) is 12.6 Å². The maximum absolute atomic E-state index is 3.72. The Labute approximate surface area is 117 Å². The number of nitrogens with one attached hydrogen (secondary N) is 1. The molecule has 0 bridgehead atoms. The van der Waals surface area contributed by atoms with Crippen molar-refractivity contribution < 1.29 is 0 Å². The monoisotopic (exact) mass is 315 g/mol. The van der Waals surface area contributed by atoms with Gasteiger partial charge in [-0.2, -0.15) is 0 Å². The smallest absolute Gasteiger partial charge is 0.0314 e. The molecule has 2 rings (SSSR count). The summed E-state index contributed by atoms with van der Waals surface area (Å²) in [4.78, 5) is 1.49. The molecule has 3 heteroatoms. The lowest BCUT2D eigenvalue weighted by atomic mass is 9.79. The maximum Gasteiger partial charge on any atom is 0.0314 e. The van der Waals surface area contributed by atoms with Crippen LogP contribution in [0.5, 0.6) is 0 Å². The zero-order valence-corrected chi connectivity index (χ0v) is 13.2. The van der Waals surface area contributed by atoms with Crippen molar-refractivity contribution in [1.29, 1.82) is 0 Å². The van der Waals surface area contributed by atoms with Gasteiger partial charge in [-0.3, -0.25) is 0 Å². The number of rotatable bonds is 5. The molecule has 1 aromatic heterocycles. The van der Waals surface area contributed by atoms with Gasteiger partial charge in [-0.05, 0) is 58.6 Å². The van der Waals surface area contributed by atoms with Crippen LogP contribution in [0.15, 0.2) is 15.9 Å². The van der Waals surface area contributed by atoms with Gasteiger partial charge < -0.3 is 5.32 Å². The number of likely N-dealkylation sites (N-methyl/N-ethyl adjacent to an activating group) is 1. The van der Waals surface area contributed by atoms with E-state index in [9.17, 15) is 0 Å². The largest absolute Gasteiger partial charge is 0.313 e. The van der Waals surface area contributed by atoms with E-state index in [1.807, 2.05) is 11.3 Å². The molecule has 1 N–H and O–H groups in total. The van der Waals surface area contributed by atoms with Crippen LogP contribution in [-0.2, 0) is 6.42 Å². The summed E-state index contributed by atoms with van der Waals surface area (Å²) in [5.74, 6) is 0. The molecule has 1 unspecified atom stereocenters. The fourth-order valence-corrected chi connectivity index (χ4v) is 4.56. The van der Waals surface area contributed by atoms with Gasteiger partial charge in [0.2, 0.25) is 0 Å². The summed E-state index contributed by atoms with van der Waals surface area (Å²) in [7, 11) is 0. The fraction of sp³-hybridized carbons (Fsp3) is 0.714. The lowest BCUT2D eigenvalue weighted by molar-refractivity contribution is 0.222. The van der Waals surface area contributed by atoms with Gasteiger partial charge in [-0.25, -0.2) is 0 Å². The van der Waals surface area contributed by atoms with Gasteiger partial charge in [-0.15, -0.1) is 11.3 Å². The normalized spacial score (nSPS) is 20.6. The SMILES string of the molecule is CCNC(Cc1sccc1Br)C1(C)CCCC1. The number of hydrogen-bond donors (Lipinski definition) is 1. The van der Waals surface area contributed by atoms with E-state index in [1.165, 1.54) is 41.5 Å². The fourth-order valence-electron chi connectivity index (χ4n) is 3.00. The quantitative estimate of drug-likeness (QED) is 0.836. The second kappa shape index (κ2) is 5.85. The average Bonchev–Trinajstić information content (AvgIpc) is 2.89. The van der Waals surface area contributed by atoms with Crippen LogP contribution in [0.25, 0.3) is 0 Å². The van der Waals surface area contributed by atoms with E-state index in [2.05, 4.69) is 46.5 Å². The summed E-state index contributed by atoms with van der Waals surface area (Å²) >= 11 is 5.53. The van der Waals surface area contributed by atoms with Crippen molar-refractivity contribution in [2.75, 3.05) is 6.54 Å². The molecule has 96 valence electrons. The zero-order chi connectivity index (χ0) is 12.3. The van der Waals surface area contributed by atoms with Gasteiger partial charge in [0, 0.05) is 15.4 Å². The number of halogens is 1. The van der Waals surface area contributed by atoms with Crippen molar-refractivity contribution >= 4 is 27.3 Å². The Morgan fingerprint density at radius 3 is 2.71 bits per heavy atom. The van der Waals surface area contributed by atoms with Crippen LogP contribution < -0.4 is 5.32 Å². The molecule has 1 saturated carbocycles. The third kappa shape index (κ3) is 3.12. The van der Waals surface area contributed by atoms with Gasteiger partial charge in [-0.1, -0.05) is 26.7 Å². The van der Waals surface area contributed by atoms with Crippen LogP contribution in [0, 0.1) is 5.41 Å². The second-order valence-electron chi connectivity index (χ2n) is 5.37. The number of thiophene rings is 1. The molecular weight excluding hydrogens is 294 g/mol. The molecule has 0 aliphatic heterocycles. The lowest BCUT2D eigenvalue weighted by Gasteiger charge is -2.34. The highest BCUT2D eigenvalue weighted by Gasteiger charge is 2.36. The van der Waals surface area contributed by atoms with E-state index in [0.29, 0.717) is 11.5 Å². The minimum Gasteiger partial charge on any atom is -0.313 e. The molecule has 0 amide bonds. The molecule has 17 heavy (non-hydrogen) atoms. The Morgan fingerprint density at radius 2 is 2.18 bits per heavy atom. The first-order valence-electron chi connectivity index (χ1n) is 6.61. The van der Waals surface area contributed by atoms with Gasteiger partial charge in [0.25, 0.3) is 0 Å². The molecule has 1 aliphatic rings. The van der Waals surface area contributed by atoms with Crippen molar-refractivity contribution in [3.63, 3.8) is 0 Å². The Hall–Kier alpha value is 0.140. The molecule has 1 atom stereocenters. The minimum absolute atomic E-state index is 0.499. The van der Waals surface area contributed by atoms with Crippen LogP contribution in [0.2, 0.25) is 0 Å². The molecule has 0 radical (unpaired) electrons. The molecule has 0 aromatic carbocycles. The van der Waals surface area contributed by atoms with Crippen molar-refractivity contribution in [2.45, 2.75) is 52.0 Å². The van der Waals surface area contributed by atoms with Crippen LogP contribution in [0.4, 0.5) is 0 Å². The lowest BCUT2D eigenvalue weighted by Crippen LogP contribution is -2.43. The van der Waals surface area contributed by atoms with Crippen molar-refractivity contribution in [2.24, 2.45) is 5.41 Å². The summed E-state index contributed by atoms with van der Waals surface area (Å²) in [6, 6.07) is 2.80. The van der Waals surface area contributed by atoms with Crippen molar-refractivity contribution in [3.8, 4) is 0 Å². The predicted molar refractivity (Wildman–Crippen MR) is 79.8 cm³/mol. The maximum atomic E-state index is 3.72. The molecule has 1 heterocycles. The average molecular weight is 316 g/mol. The standard InChI is InChI=1S/C14H22BrNS/c1-3-16-13(14(2)7-4-5-8-14)10-12-11(15)6-9-17-12/h6,9,13,16H,3-5,7-8,10H2,1-2H3. The molecule has 1 aliphatic carbocycles. The van der Waals surface area contributed by atoms with Crippen molar-refractivity contribution in [3.05, 3.63) is 20.8 Å². The van der Waals surface area contributed by atoms with E-state index in [0.717, 1.165) is 6.54 Å². The Balaban J connectivity index is 2.09. The number of hydrogen-bond acceptors (Lipinski definition) is 2. The molecule has 1 aromatic rings. The Bertz CT molecular complexity index is 355. The van der Waals surface area contributed by atoms with Gasteiger partial charge in [0.05, 0.1) is 0 Å². The summed E-state index contributed by atoms with van der Waals surface area (Å²) in [6.45, 7) is 5.76. The first kappa shape index (κ1) is 13.6. The van der Waals surface area contributed by atoms with Crippen molar-refractivity contribution in [1.82, 2.24) is 5.32 Å². The summed E-state index contributed by atoms with van der Waals surface area (Å²) in [5.41, 5.74) is 0.499. The van der Waals surface area contributed by atoms with E-state index in [4.69, 9.17) is 0 Å². The Morgan fingerprint density at radius 1 is 1.47 bits per heavy atom. The third-order valence-electron chi connectivity index (χ3n) is 4.12. The molecule has 0 spiro atoms. The van der Waals surface area contributed by atoms with Crippen LogP contribution >= 0.6 is 27.3 Å². The topological polar surface area (TPSA) is 12.0 Å². The third-order valence-corrected chi connectivity index (χ3v) is 6.07. The van der Waals surface area contributed by atoms with Crippen LogP contribution in [0.3, 0.4) is 0 Å². The summed E-state index contributed by atoms with van der Waals surface area (Å²) in [6.07, 6.45) is 6.75. The highest BCUT2D eigenvalue weighted by molar-refractivity contribution is 9.10. The molecule has 1 fully saturated rings. The Kier molecular flexibility index (Phi) is 4.67. The van der Waals surface area contributed by atoms with E-state index >= 15 is 0 Å². The van der Waals surface area contributed by atoms with Crippen LogP contribution in [0.1, 0.15) is 44.4 Å². The van der Waals surface area contributed by atoms with Gasteiger partial charge in [0.15, 0.2) is 0 Å². The van der Waals surface area contributed by atoms with E-state index < -0.39 is 0 Å². The highest BCUT2D eigenvalue weighted by Crippen LogP contribution is 2.42. The minimum atomic E-state index is 0.499. The van der Waals surface area contributed by atoms with Gasteiger partial charge in [0.1, 0.15) is 0 Å². The first-order valence-corrected chi connectivity index (χ1v) is 8.28. The zero-order valence-electron chi connectivity index (χ0n) is 10.8. The second-order valence-corrected chi connectivity index (χ2v) is 7.22.